The fourth-order valence-electron chi connectivity index (χ4n) is 1.53. The second kappa shape index (κ2) is 5.00. The number of nitrogens with zero attached hydrogens (tertiary/aromatic N) is 1. The number of carbonyl (C=O) groups excluding carboxylic acids is 1. The fourth-order valence-corrected chi connectivity index (χ4v) is 1.53. The Morgan fingerprint density at radius 1 is 1.17 bits per heavy atom. The summed E-state index contributed by atoms with van der Waals surface area (Å²) in [6, 6.07) is 3.51. The van der Waals surface area contributed by atoms with Crippen LogP contribution in [0, 0.1) is 0 Å². The highest BCUT2D eigenvalue weighted by atomic mass is 19.4. The van der Waals surface area contributed by atoms with Gasteiger partial charge in [-0.15, -0.1) is 0 Å². The predicted molar refractivity (Wildman–Crippen MR) is 63.6 cm³/mol. The Labute approximate surface area is 104 Å². The SMILES string of the molecule is CC(C)c1cc(C(=O)N(C)C)cc(C(F)(F)F)c1. The van der Waals surface area contributed by atoms with Crippen molar-refractivity contribution in [2.45, 2.75) is 25.9 Å². The Hall–Kier alpha value is -1.52. The van der Waals surface area contributed by atoms with Crippen molar-refractivity contribution >= 4 is 5.91 Å². The van der Waals surface area contributed by atoms with E-state index in [4.69, 9.17) is 0 Å². The molecule has 0 unspecified atom stereocenters. The van der Waals surface area contributed by atoms with Crippen LogP contribution in [0.2, 0.25) is 0 Å². The molecule has 0 saturated carbocycles. The van der Waals surface area contributed by atoms with Crippen molar-refractivity contribution in [3.8, 4) is 0 Å². The van der Waals surface area contributed by atoms with Crippen molar-refractivity contribution in [1.29, 1.82) is 0 Å². The Morgan fingerprint density at radius 3 is 2.11 bits per heavy atom. The maximum absolute atomic E-state index is 12.8. The van der Waals surface area contributed by atoms with Gasteiger partial charge in [-0.3, -0.25) is 4.79 Å². The first-order valence-electron chi connectivity index (χ1n) is 5.56. The smallest absolute Gasteiger partial charge is 0.345 e. The largest absolute Gasteiger partial charge is 0.416 e. The number of alkyl halides is 3. The monoisotopic (exact) mass is 259 g/mol. The first-order valence-corrected chi connectivity index (χ1v) is 5.56. The van der Waals surface area contributed by atoms with Crippen molar-refractivity contribution in [3.05, 3.63) is 34.9 Å². The van der Waals surface area contributed by atoms with Gasteiger partial charge in [0.25, 0.3) is 5.91 Å². The summed E-state index contributed by atoms with van der Waals surface area (Å²) in [6.07, 6.45) is -4.44. The minimum Gasteiger partial charge on any atom is -0.345 e. The molecule has 0 radical (unpaired) electrons. The van der Waals surface area contributed by atoms with Gasteiger partial charge in [-0.05, 0) is 29.7 Å². The third-order valence-corrected chi connectivity index (χ3v) is 2.60. The minimum absolute atomic E-state index is 0.0681. The summed E-state index contributed by atoms with van der Waals surface area (Å²) in [5.41, 5.74) is -0.201. The first kappa shape index (κ1) is 14.5. The minimum atomic E-state index is -4.44. The molecular weight excluding hydrogens is 243 g/mol. The predicted octanol–water partition coefficient (Wildman–Crippen LogP) is 3.53. The van der Waals surface area contributed by atoms with Gasteiger partial charge in [-0.2, -0.15) is 13.2 Å². The van der Waals surface area contributed by atoms with Crippen molar-refractivity contribution in [2.24, 2.45) is 0 Å². The molecule has 0 fully saturated rings. The molecule has 0 aromatic heterocycles. The van der Waals surface area contributed by atoms with E-state index in [-0.39, 0.29) is 11.5 Å². The van der Waals surface area contributed by atoms with Crippen LogP contribution in [0.4, 0.5) is 13.2 Å². The van der Waals surface area contributed by atoms with Crippen LogP contribution in [-0.2, 0) is 6.18 Å². The molecule has 2 nitrogen and oxygen atoms in total. The molecule has 0 heterocycles. The number of hydrogen-bond acceptors (Lipinski definition) is 1. The quantitative estimate of drug-likeness (QED) is 0.795. The molecule has 0 spiro atoms. The van der Waals surface area contributed by atoms with Crippen molar-refractivity contribution in [2.75, 3.05) is 14.1 Å². The summed E-state index contributed by atoms with van der Waals surface area (Å²) in [7, 11) is 3.02. The van der Waals surface area contributed by atoms with Crippen LogP contribution >= 0.6 is 0 Å². The molecule has 1 aromatic rings. The number of halogens is 3. The Kier molecular flexibility index (Phi) is 4.04. The van der Waals surface area contributed by atoms with Gasteiger partial charge >= 0.3 is 6.18 Å². The van der Waals surface area contributed by atoms with E-state index in [2.05, 4.69) is 0 Å². The summed E-state index contributed by atoms with van der Waals surface area (Å²) in [5, 5.41) is 0. The molecule has 1 amide bonds. The van der Waals surface area contributed by atoms with Crippen molar-refractivity contribution in [3.63, 3.8) is 0 Å². The number of hydrogen-bond donors (Lipinski definition) is 0. The van der Waals surface area contributed by atoms with Crippen LogP contribution in [-0.4, -0.2) is 24.9 Å². The van der Waals surface area contributed by atoms with Gasteiger partial charge in [0, 0.05) is 19.7 Å². The van der Waals surface area contributed by atoms with Gasteiger partial charge < -0.3 is 4.90 Å². The van der Waals surface area contributed by atoms with E-state index >= 15 is 0 Å². The molecule has 0 saturated heterocycles. The second-order valence-electron chi connectivity index (χ2n) is 4.70. The summed E-state index contributed by atoms with van der Waals surface area (Å²) >= 11 is 0. The second-order valence-corrected chi connectivity index (χ2v) is 4.70. The summed E-state index contributed by atoms with van der Waals surface area (Å²) < 4.78 is 38.3. The lowest BCUT2D eigenvalue weighted by Crippen LogP contribution is -2.22. The first-order chi connectivity index (χ1) is 8.12. The van der Waals surface area contributed by atoms with E-state index in [1.807, 2.05) is 0 Å². The van der Waals surface area contributed by atoms with Gasteiger partial charge in [-0.1, -0.05) is 13.8 Å². The summed E-state index contributed by atoms with van der Waals surface area (Å²) in [6.45, 7) is 3.58. The molecule has 100 valence electrons. The van der Waals surface area contributed by atoms with E-state index in [1.54, 1.807) is 13.8 Å². The Morgan fingerprint density at radius 2 is 1.72 bits per heavy atom. The molecule has 0 bridgehead atoms. The zero-order chi connectivity index (χ0) is 14.1. The number of carbonyl (C=O) groups is 1. The van der Waals surface area contributed by atoms with Gasteiger partial charge in [0.2, 0.25) is 0 Å². The van der Waals surface area contributed by atoms with E-state index in [1.165, 1.54) is 25.1 Å². The lowest BCUT2D eigenvalue weighted by atomic mass is 9.97. The van der Waals surface area contributed by atoms with E-state index < -0.39 is 17.6 Å². The highest BCUT2D eigenvalue weighted by Crippen LogP contribution is 2.32. The van der Waals surface area contributed by atoms with Crippen LogP contribution in [0.15, 0.2) is 18.2 Å². The molecule has 5 heteroatoms. The molecular formula is C13H16F3NO. The van der Waals surface area contributed by atoms with Crippen molar-refractivity contribution < 1.29 is 18.0 Å². The number of amides is 1. The summed E-state index contributed by atoms with van der Waals surface area (Å²) in [5.74, 6) is -0.496. The average molecular weight is 259 g/mol. The van der Waals surface area contributed by atoms with E-state index in [0.717, 1.165) is 12.1 Å². The molecule has 0 atom stereocenters. The zero-order valence-electron chi connectivity index (χ0n) is 10.8. The molecule has 18 heavy (non-hydrogen) atoms. The Bertz CT molecular complexity index is 450. The standard InChI is InChI=1S/C13H16F3NO/c1-8(2)9-5-10(12(18)17(3)4)7-11(6-9)13(14,15)16/h5-8H,1-4H3. The fraction of sp³-hybridized carbons (Fsp3) is 0.462. The van der Waals surface area contributed by atoms with Crippen LogP contribution in [0.1, 0.15) is 41.3 Å². The average Bonchev–Trinajstić information content (AvgIpc) is 2.26. The van der Waals surface area contributed by atoms with Crippen LogP contribution in [0.25, 0.3) is 0 Å². The lowest BCUT2D eigenvalue weighted by Gasteiger charge is -2.16. The van der Waals surface area contributed by atoms with Crippen LogP contribution < -0.4 is 0 Å². The van der Waals surface area contributed by atoms with E-state index in [9.17, 15) is 18.0 Å². The lowest BCUT2D eigenvalue weighted by molar-refractivity contribution is -0.137. The van der Waals surface area contributed by atoms with Gasteiger partial charge in [0.1, 0.15) is 0 Å². The molecule has 1 rings (SSSR count). The molecule has 0 aliphatic rings. The third kappa shape index (κ3) is 3.24. The zero-order valence-corrected chi connectivity index (χ0v) is 10.8. The Balaban J connectivity index is 3.36. The van der Waals surface area contributed by atoms with Crippen LogP contribution in [0.5, 0.6) is 0 Å². The highest BCUT2D eigenvalue weighted by Gasteiger charge is 2.32. The molecule has 0 aliphatic carbocycles. The highest BCUT2D eigenvalue weighted by molar-refractivity contribution is 5.94. The third-order valence-electron chi connectivity index (χ3n) is 2.60. The van der Waals surface area contributed by atoms with Gasteiger partial charge in [0.15, 0.2) is 0 Å². The maximum atomic E-state index is 12.8. The van der Waals surface area contributed by atoms with Crippen LogP contribution in [0.3, 0.4) is 0 Å². The topological polar surface area (TPSA) is 20.3 Å². The molecule has 0 N–H and O–H groups in total. The van der Waals surface area contributed by atoms with Gasteiger partial charge in [0.05, 0.1) is 5.56 Å². The number of rotatable bonds is 2. The van der Waals surface area contributed by atoms with Gasteiger partial charge in [-0.25, -0.2) is 0 Å². The maximum Gasteiger partial charge on any atom is 0.416 e. The van der Waals surface area contributed by atoms with Crippen molar-refractivity contribution in [1.82, 2.24) is 4.90 Å². The normalized spacial score (nSPS) is 11.8. The number of benzene rings is 1. The molecule has 0 aliphatic heterocycles. The summed E-state index contributed by atoms with van der Waals surface area (Å²) in [4.78, 5) is 13.0. The molecule has 1 aromatic carbocycles. The van der Waals surface area contributed by atoms with E-state index in [0.29, 0.717) is 5.56 Å².